The van der Waals surface area contributed by atoms with Gasteiger partial charge in [0.15, 0.2) is 0 Å². The standard InChI is InChI=1S/C17H26O2/c1-18-11-17(12-19-2)15-9-5-3-7-13(15)14-8-4-6-10-16(14)17/h3-12H2,1-2H3. The largest absolute Gasteiger partial charge is 0.383 e. The maximum atomic E-state index is 5.63. The molecule has 0 N–H and O–H groups in total. The fourth-order valence-corrected chi connectivity index (χ4v) is 4.60. The van der Waals surface area contributed by atoms with Gasteiger partial charge in [-0.1, -0.05) is 11.1 Å². The third kappa shape index (κ3) is 2.00. The Hall–Kier alpha value is -0.600. The molecule has 0 aromatic heterocycles. The van der Waals surface area contributed by atoms with Crippen LogP contribution >= 0.6 is 0 Å². The molecule has 19 heavy (non-hydrogen) atoms. The van der Waals surface area contributed by atoms with E-state index in [0.29, 0.717) is 0 Å². The quantitative estimate of drug-likeness (QED) is 0.762. The van der Waals surface area contributed by atoms with E-state index in [0.717, 1.165) is 13.2 Å². The van der Waals surface area contributed by atoms with Crippen molar-refractivity contribution in [1.82, 2.24) is 0 Å². The topological polar surface area (TPSA) is 18.5 Å². The number of methoxy groups -OCH3 is 2. The molecule has 0 atom stereocenters. The van der Waals surface area contributed by atoms with Gasteiger partial charge in [0, 0.05) is 14.2 Å². The molecule has 0 radical (unpaired) electrons. The molecule has 3 aliphatic carbocycles. The molecule has 0 heterocycles. The fraction of sp³-hybridized carbons (Fsp3) is 0.765. The summed E-state index contributed by atoms with van der Waals surface area (Å²) >= 11 is 0. The summed E-state index contributed by atoms with van der Waals surface area (Å²) in [7, 11) is 3.67. The van der Waals surface area contributed by atoms with Crippen LogP contribution in [0, 0.1) is 5.41 Å². The minimum absolute atomic E-state index is 0.0923. The summed E-state index contributed by atoms with van der Waals surface area (Å²) in [6.45, 7) is 1.61. The molecular weight excluding hydrogens is 236 g/mol. The molecule has 0 spiro atoms. The van der Waals surface area contributed by atoms with Gasteiger partial charge >= 0.3 is 0 Å². The first-order chi connectivity index (χ1) is 9.33. The van der Waals surface area contributed by atoms with Gasteiger partial charge in [0.25, 0.3) is 0 Å². The van der Waals surface area contributed by atoms with Crippen molar-refractivity contribution in [3.8, 4) is 0 Å². The number of hydrogen-bond donors (Lipinski definition) is 0. The lowest BCUT2D eigenvalue weighted by Crippen LogP contribution is -2.35. The highest BCUT2D eigenvalue weighted by Crippen LogP contribution is 2.56. The van der Waals surface area contributed by atoms with Crippen molar-refractivity contribution in [1.29, 1.82) is 0 Å². The van der Waals surface area contributed by atoms with E-state index in [9.17, 15) is 0 Å². The SMILES string of the molecule is COCC1(COC)C2=C(CCCC2)C2=C1CCCC2. The summed E-state index contributed by atoms with van der Waals surface area (Å²) in [4.78, 5) is 0. The van der Waals surface area contributed by atoms with Gasteiger partial charge in [-0.3, -0.25) is 0 Å². The van der Waals surface area contributed by atoms with Gasteiger partial charge in [-0.2, -0.15) is 0 Å². The van der Waals surface area contributed by atoms with E-state index in [1.54, 1.807) is 22.3 Å². The number of fused-ring (bicyclic) bond motifs is 1. The highest BCUT2D eigenvalue weighted by molar-refractivity contribution is 5.55. The maximum absolute atomic E-state index is 5.63. The first-order valence-electron chi connectivity index (χ1n) is 7.77. The van der Waals surface area contributed by atoms with Crippen LogP contribution in [-0.2, 0) is 9.47 Å². The van der Waals surface area contributed by atoms with E-state index in [4.69, 9.17) is 9.47 Å². The fourth-order valence-electron chi connectivity index (χ4n) is 4.60. The van der Waals surface area contributed by atoms with Crippen LogP contribution in [0.25, 0.3) is 0 Å². The lowest BCUT2D eigenvalue weighted by Gasteiger charge is -2.36. The molecule has 0 aromatic rings. The van der Waals surface area contributed by atoms with Crippen LogP contribution in [0.5, 0.6) is 0 Å². The van der Waals surface area contributed by atoms with Gasteiger partial charge in [0.1, 0.15) is 0 Å². The summed E-state index contributed by atoms with van der Waals surface area (Å²) in [6, 6.07) is 0. The Morgan fingerprint density at radius 1 is 0.737 bits per heavy atom. The molecule has 2 nitrogen and oxygen atoms in total. The zero-order valence-corrected chi connectivity index (χ0v) is 12.4. The van der Waals surface area contributed by atoms with E-state index in [1.165, 1.54) is 51.4 Å². The predicted octanol–water partition coefficient (Wildman–Crippen LogP) is 4.02. The van der Waals surface area contributed by atoms with Crippen LogP contribution in [0.2, 0.25) is 0 Å². The Kier molecular flexibility index (Phi) is 3.81. The van der Waals surface area contributed by atoms with E-state index >= 15 is 0 Å². The highest BCUT2D eigenvalue weighted by atomic mass is 16.5. The van der Waals surface area contributed by atoms with E-state index in [1.807, 2.05) is 14.2 Å². The van der Waals surface area contributed by atoms with Gasteiger partial charge in [-0.15, -0.1) is 0 Å². The third-order valence-electron chi connectivity index (χ3n) is 5.24. The smallest absolute Gasteiger partial charge is 0.0616 e. The third-order valence-corrected chi connectivity index (χ3v) is 5.24. The van der Waals surface area contributed by atoms with Crippen LogP contribution in [0.3, 0.4) is 0 Å². The monoisotopic (exact) mass is 262 g/mol. The molecule has 2 heteroatoms. The molecule has 0 amide bonds. The Balaban J connectivity index is 2.08. The Morgan fingerprint density at radius 2 is 1.16 bits per heavy atom. The molecule has 0 bridgehead atoms. The summed E-state index contributed by atoms with van der Waals surface area (Å²) in [5.41, 5.74) is 6.85. The lowest BCUT2D eigenvalue weighted by atomic mass is 9.72. The molecule has 0 aliphatic heterocycles. The minimum Gasteiger partial charge on any atom is -0.383 e. The molecule has 3 aliphatic rings. The molecular formula is C17H26O2. The average Bonchev–Trinajstić information content (AvgIpc) is 2.72. The molecule has 3 rings (SSSR count). The number of rotatable bonds is 4. The van der Waals surface area contributed by atoms with Crippen LogP contribution in [-0.4, -0.2) is 27.4 Å². The Morgan fingerprint density at radius 3 is 1.58 bits per heavy atom. The van der Waals surface area contributed by atoms with Gasteiger partial charge in [0.2, 0.25) is 0 Å². The van der Waals surface area contributed by atoms with Crippen molar-refractivity contribution in [3.63, 3.8) is 0 Å². The summed E-state index contributed by atoms with van der Waals surface area (Å²) in [5, 5.41) is 0. The Labute approximate surface area is 116 Å². The van der Waals surface area contributed by atoms with E-state index in [2.05, 4.69) is 0 Å². The first-order valence-corrected chi connectivity index (χ1v) is 7.77. The summed E-state index contributed by atoms with van der Waals surface area (Å²) < 4.78 is 11.3. The molecule has 0 aromatic carbocycles. The molecule has 0 saturated carbocycles. The van der Waals surface area contributed by atoms with Crippen molar-refractivity contribution in [2.24, 2.45) is 5.41 Å². The van der Waals surface area contributed by atoms with Gasteiger partial charge in [0.05, 0.1) is 18.6 Å². The average molecular weight is 262 g/mol. The number of allylic oxidation sites excluding steroid dienone is 2. The second-order valence-corrected chi connectivity index (χ2v) is 6.28. The van der Waals surface area contributed by atoms with E-state index in [-0.39, 0.29) is 5.41 Å². The van der Waals surface area contributed by atoms with Crippen molar-refractivity contribution in [2.45, 2.75) is 51.4 Å². The van der Waals surface area contributed by atoms with Crippen molar-refractivity contribution in [2.75, 3.05) is 27.4 Å². The molecule has 0 unspecified atom stereocenters. The van der Waals surface area contributed by atoms with Crippen molar-refractivity contribution >= 4 is 0 Å². The zero-order valence-electron chi connectivity index (χ0n) is 12.4. The van der Waals surface area contributed by atoms with Gasteiger partial charge in [-0.25, -0.2) is 0 Å². The maximum Gasteiger partial charge on any atom is 0.0616 e. The normalized spacial score (nSPS) is 25.6. The lowest BCUT2D eigenvalue weighted by molar-refractivity contribution is 0.0512. The van der Waals surface area contributed by atoms with Crippen molar-refractivity contribution < 1.29 is 9.47 Å². The predicted molar refractivity (Wildman–Crippen MR) is 77.2 cm³/mol. The second kappa shape index (κ2) is 5.41. The molecule has 0 saturated heterocycles. The van der Waals surface area contributed by atoms with Crippen LogP contribution < -0.4 is 0 Å². The van der Waals surface area contributed by atoms with Crippen LogP contribution in [0.1, 0.15) is 51.4 Å². The number of hydrogen-bond acceptors (Lipinski definition) is 2. The molecule has 0 fully saturated rings. The first kappa shape index (κ1) is 13.4. The highest BCUT2D eigenvalue weighted by Gasteiger charge is 2.47. The summed E-state index contributed by atoms with van der Waals surface area (Å²) in [5.74, 6) is 0. The van der Waals surface area contributed by atoms with E-state index < -0.39 is 0 Å². The van der Waals surface area contributed by atoms with Gasteiger partial charge in [-0.05, 0) is 62.5 Å². The summed E-state index contributed by atoms with van der Waals surface area (Å²) in [6.07, 6.45) is 10.5. The van der Waals surface area contributed by atoms with Crippen LogP contribution in [0.4, 0.5) is 0 Å². The number of ether oxygens (including phenoxy) is 2. The molecule has 106 valence electrons. The zero-order chi connectivity index (χ0) is 13.3. The minimum atomic E-state index is 0.0923. The van der Waals surface area contributed by atoms with Gasteiger partial charge < -0.3 is 9.47 Å². The van der Waals surface area contributed by atoms with Crippen LogP contribution in [0.15, 0.2) is 22.3 Å². The second-order valence-electron chi connectivity index (χ2n) is 6.28. The Bertz CT molecular complexity index is 377. The van der Waals surface area contributed by atoms with Crippen molar-refractivity contribution in [3.05, 3.63) is 22.3 Å².